The van der Waals surface area contributed by atoms with Crippen molar-refractivity contribution in [2.45, 2.75) is 44.1 Å². The normalized spacial score (nSPS) is 22.9. The Morgan fingerprint density at radius 3 is 2.48 bits per heavy atom. The molecule has 2 N–H and O–H groups in total. The number of ether oxygens (including phenoxy) is 1. The third-order valence-corrected chi connectivity index (χ3v) is 5.13. The minimum atomic E-state index is -0.180. The lowest BCUT2D eigenvalue weighted by molar-refractivity contribution is -0.127. The second-order valence-corrected chi connectivity index (χ2v) is 6.55. The predicted molar refractivity (Wildman–Crippen MR) is 94.1 cm³/mol. The van der Waals surface area contributed by atoms with E-state index < -0.39 is 0 Å². The van der Waals surface area contributed by atoms with Gasteiger partial charge in [-0.15, -0.1) is 12.4 Å². The zero-order valence-electron chi connectivity index (χ0n) is 13.8. The maximum Gasteiger partial charge on any atom is 0.225 e. The highest BCUT2D eigenvalue weighted by Crippen LogP contribution is 2.39. The summed E-state index contributed by atoms with van der Waals surface area (Å²) in [6.45, 7) is 1.85. The number of benzene rings is 1. The van der Waals surface area contributed by atoms with Gasteiger partial charge in [0, 0.05) is 6.54 Å². The van der Waals surface area contributed by atoms with Gasteiger partial charge in [0.2, 0.25) is 5.91 Å². The highest BCUT2D eigenvalue weighted by Gasteiger charge is 2.38. The molecule has 1 aliphatic heterocycles. The van der Waals surface area contributed by atoms with Crippen molar-refractivity contribution in [1.82, 2.24) is 10.6 Å². The summed E-state index contributed by atoms with van der Waals surface area (Å²) < 4.78 is 5.25. The zero-order valence-corrected chi connectivity index (χ0v) is 14.6. The predicted octanol–water partition coefficient (Wildman–Crippen LogP) is 3.00. The molecular weight excluding hydrogens is 312 g/mol. The Labute approximate surface area is 144 Å². The molecule has 0 spiro atoms. The third-order valence-electron chi connectivity index (χ3n) is 5.13. The van der Waals surface area contributed by atoms with E-state index in [0.717, 1.165) is 44.5 Å². The van der Waals surface area contributed by atoms with Crippen molar-refractivity contribution >= 4 is 18.3 Å². The molecule has 5 heteroatoms. The Morgan fingerprint density at radius 2 is 1.91 bits per heavy atom. The molecule has 1 amide bonds. The van der Waals surface area contributed by atoms with Crippen LogP contribution in [0, 0.1) is 5.92 Å². The first-order chi connectivity index (χ1) is 10.7. The monoisotopic (exact) mass is 338 g/mol. The van der Waals surface area contributed by atoms with Crippen LogP contribution in [-0.4, -0.2) is 26.1 Å². The van der Waals surface area contributed by atoms with E-state index in [1.807, 2.05) is 12.1 Å². The summed E-state index contributed by atoms with van der Waals surface area (Å²) in [5.41, 5.74) is 1.03. The van der Waals surface area contributed by atoms with Crippen LogP contribution in [0.2, 0.25) is 0 Å². The van der Waals surface area contributed by atoms with Gasteiger partial charge in [0.25, 0.3) is 0 Å². The lowest BCUT2D eigenvalue weighted by atomic mass is 9.86. The zero-order chi connectivity index (χ0) is 15.4. The van der Waals surface area contributed by atoms with Crippen molar-refractivity contribution in [1.29, 1.82) is 0 Å². The minimum absolute atomic E-state index is 0. The van der Waals surface area contributed by atoms with Crippen LogP contribution in [0.1, 0.15) is 44.1 Å². The quantitative estimate of drug-likeness (QED) is 0.887. The molecule has 2 fully saturated rings. The molecule has 2 aliphatic rings. The van der Waals surface area contributed by atoms with E-state index in [9.17, 15) is 4.79 Å². The maximum absolute atomic E-state index is 12.7. The average Bonchev–Trinajstić information content (AvgIpc) is 3.05. The molecule has 1 atom stereocenters. The fourth-order valence-corrected chi connectivity index (χ4v) is 3.79. The number of hydrogen-bond acceptors (Lipinski definition) is 3. The molecule has 1 unspecified atom stereocenters. The summed E-state index contributed by atoms with van der Waals surface area (Å²) >= 11 is 0. The van der Waals surface area contributed by atoms with E-state index in [4.69, 9.17) is 4.74 Å². The van der Waals surface area contributed by atoms with Gasteiger partial charge in [-0.25, -0.2) is 0 Å². The highest BCUT2D eigenvalue weighted by atomic mass is 35.5. The molecule has 0 aromatic heterocycles. The van der Waals surface area contributed by atoms with Crippen LogP contribution >= 0.6 is 12.4 Å². The fraction of sp³-hybridized carbons (Fsp3) is 0.611. The topological polar surface area (TPSA) is 50.4 Å². The summed E-state index contributed by atoms with van der Waals surface area (Å²) in [5, 5.41) is 6.73. The molecule has 1 aromatic carbocycles. The van der Waals surface area contributed by atoms with Crippen LogP contribution < -0.4 is 15.4 Å². The first-order valence-electron chi connectivity index (χ1n) is 8.41. The van der Waals surface area contributed by atoms with Gasteiger partial charge in [-0.3, -0.25) is 4.79 Å². The summed E-state index contributed by atoms with van der Waals surface area (Å²) in [6.07, 6.45) is 6.51. The van der Waals surface area contributed by atoms with Gasteiger partial charge in [-0.05, 0) is 49.9 Å². The van der Waals surface area contributed by atoms with Gasteiger partial charge in [0.15, 0.2) is 0 Å². The van der Waals surface area contributed by atoms with Crippen molar-refractivity contribution in [3.05, 3.63) is 29.8 Å². The minimum Gasteiger partial charge on any atom is -0.497 e. The molecule has 1 heterocycles. The van der Waals surface area contributed by atoms with E-state index in [2.05, 4.69) is 22.8 Å². The van der Waals surface area contributed by atoms with Gasteiger partial charge in [-0.2, -0.15) is 0 Å². The molecule has 1 saturated carbocycles. The summed E-state index contributed by atoms with van der Waals surface area (Å²) in [5.74, 6) is 1.19. The van der Waals surface area contributed by atoms with E-state index in [1.54, 1.807) is 7.11 Å². The molecule has 0 bridgehead atoms. The number of hydrogen-bond donors (Lipinski definition) is 2. The van der Waals surface area contributed by atoms with Crippen molar-refractivity contribution < 1.29 is 9.53 Å². The number of carbonyl (C=O) groups excluding carboxylic acids is 1. The van der Waals surface area contributed by atoms with Gasteiger partial charge in [0.1, 0.15) is 5.75 Å². The lowest BCUT2D eigenvalue weighted by Gasteiger charge is -2.34. The first kappa shape index (κ1) is 18.1. The van der Waals surface area contributed by atoms with Crippen molar-refractivity contribution in [2.75, 3.05) is 20.2 Å². The second kappa shape index (κ2) is 8.02. The van der Waals surface area contributed by atoms with E-state index in [-0.39, 0.29) is 29.8 Å². The highest BCUT2D eigenvalue weighted by molar-refractivity contribution is 5.85. The largest absolute Gasteiger partial charge is 0.497 e. The Hall–Kier alpha value is -1.26. The molecule has 1 saturated heterocycles. The lowest BCUT2D eigenvalue weighted by Crippen LogP contribution is -2.49. The third kappa shape index (κ3) is 3.99. The molecule has 1 aromatic rings. The van der Waals surface area contributed by atoms with Gasteiger partial charge >= 0.3 is 0 Å². The van der Waals surface area contributed by atoms with Crippen LogP contribution in [0.15, 0.2) is 24.3 Å². The Bertz CT molecular complexity index is 506. The standard InChI is InChI=1S/C18H26N2O2.ClH/c1-22-16-8-6-15(7-9-16)18(10-2-3-11-18)20-17(21)14-5-4-12-19-13-14;/h6-9,14,19H,2-5,10-13H2,1H3,(H,20,21);1H. The van der Waals surface area contributed by atoms with Crippen LogP contribution in [0.25, 0.3) is 0 Å². The summed E-state index contributed by atoms with van der Waals surface area (Å²) in [4.78, 5) is 12.7. The number of piperidine rings is 1. The molecule has 0 radical (unpaired) electrons. The second-order valence-electron chi connectivity index (χ2n) is 6.55. The van der Waals surface area contributed by atoms with Gasteiger partial charge in [0.05, 0.1) is 18.6 Å². The van der Waals surface area contributed by atoms with Crippen LogP contribution in [0.3, 0.4) is 0 Å². The fourth-order valence-electron chi connectivity index (χ4n) is 3.79. The van der Waals surface area contributed by atoms with Crippen molar-refractivity contribution in [2.24, 2.45) is 5.92 Å². The Kier molecular flexibility index (Phi) is 6.31. The van der Waals surface area contributed by atoms with Crippen LogP contribution in [0.4, 0.5) is 0 Å². The van der Waals surface area contributed by atoms with Gasteiger partial charge in [-0.1, -0.05) is 25.0 Å². The summed E-state index contributed by atoms with van der Waals surface area (Å²) in [6, 6.07) is 8.18. The van der Waals surface area contributed by atoms with E-state index in [1.165, 1.54) is 18.4 Å². The molecule has 4 nitrogen and oxygen atoms in total. The number of methoxy groups -OCH3 is 1. The Morgan fingerprint density at radius 1 is 1.22 bits per heavy atom. The first-order valence-corrected chi connectivity index (χ1v) is 8.41. The average molecular weight is 339 g/mol. The van der Waals surface area contributed by atoms with Crippen molar-refractivity contribution in [3.8, 4) is 5.75 Å². The molecule has 128 valence electrons. The molecule has 3 rings (SSSR count). The molecular formula is C18H27ClN2O2. The van der Waals surface area contributed by atoms with E-state index in [0.29, 0.717) is 0 Å². The van der Waals surface area contributed by atoms with E-state index >= 15 is 0 Å². The number of halogens is 1. The van der Waals surface area contributed by atoms with Gasteiger partial charge < -0.3 is 15.4 Å². The van der Waals surface area contributed by atoms with Crippen LogP contribution in [0.5, 0.6) is 5.75 Å². The SMILES string of the molecule is COc1ccc(C2(NC(=O)C3CCCNC3)CCCC2)cc1.Cl. The number of carbonyl (C=O) groups is 1. The number of nitrogens with one attached hydrogen (secondary N) is 2. The number of amides is 1. The number of rotatable bonds is 4. The smallest absolute Gasteiger partial charge is 0.225 e. The Balaban J connectivity index is 0.00000192. The molecule has 1 aliphatic carbocycles. The van der Waals surface area contributed by atoms with Crippen molar-refractivity contribution in [3.63, 3.8) is 0 Å². The van der Waals surface area contributed by atoms with Crippen LogP contribution in [-0.2, 0) is 10.3 Å². The summed E-state index contributed by atoms with van der Waals surface area (Å²) in [7, 11) is 1.68. The molecule has 23 heavy (non-hydrogen) atoms. The maximum atomic E-state index is 12.7.